The van der Waals surface area contributed by atoms with Gasteiger partial charge in [0.15, 0.2) is 0 Å². The van der Waals surface area contributed by atoms with Crippen LogP contribution in [0, 0.1) is 6.92 Å². The van der Waals surface area contributed by atoms with Crippen LogP contribution in [0.1, 0.15) is 11.3 Å². The Bertz CT molecular complexity index is 912. The third-order valence-electron chi connectivity index (χ3n) is 3.56. The standard InChI is InChI=1S/C18H17ClN4O2S/c1-12-6-7-16(21-11-12)26-17-10-13(8-9-20-18(24)25)22-23(17)15-5-3-2-4-14(15)19/h2-7,10-11,20H,8-9H2,1H3,(H,24,25). The van der Waals surface area contributed by atoms with E-state index in [1.54, 1.807) is 4.68 Å². The van der Waals surface area contributed by atoms with Crippen molar-refractivity contribution >= 4 is 29.5 Å². The fourth-order valence-electron chi connectivity index (χ4n) is 2.32. The Kier molecular flexibility index (Phi) is 5.80. The zero-order chi connectivity index (χ0) is 18.5. The molecule has 1 amide bonds. The van der Waals surface area contributed by atoms with Crippen LogP contribution in [-0.4, -0.2) is 32.5 Å². The van der Waals surface area contributed by atoms with E-state index >= 15 is 0 Å². The Morgan fingerprint density at radius 1 is 1.31 bits per heavy atom. The van der Waals surface area contributed by atoms with Gasteiger partial charge in [0, 0.05) is 19.2 Å². The molecule has 3 rings (SSSR count). The Labute approximate surface area is 160 Å². The van der Waals surface area contributed by atoms with Crippen molar-refractivity contribution in [3.8, 4) is 5.69 Å². The van der Waals surface area contributed by atoms with E-state index in [0.29, 0.717) is 18.0 Å². The van der Waals surface area contributed by atoms with Crippen molar-refractivity contribution in [2.45, 2.75) is 23.4 Å². The lowest BCUT2D eigenvalue weighted by atomic mass is 10.3. The van der Waals surface area contributed by atoms with Gasteiger partial charge in [-0.2, -0.15) is 5.10 Å². The van der Waals surface area contributed by atoms with Crippen molar-refractivity contribution < 1.29 is 9.90 Å². The van der Waals surface area contributed by atoms with Crippen LogP contribution < -0.4 is 5.32 Å². The molecule has 134 valence electrons. The zero-order valence-electron chi connectivity index (χ0n) is 14.0. The second-order valence-electron chi connectivity index (χ2n) is 5.59. The summed E-state index contributed by atoms with van der Waals surface area (Å²) in [6.07, 6.45) is 1.25. The molecular weight excluding hydrogens is 372 g/mol. The van der Waals surface area contributed by atoms with E-state index in [-0.39, 0.29) is 0 Å². The van der Waals surface area contributed by atoms with Gasteiger partial charge in [0.1, 0.15) is 10.1 Å². The van der Waals surface area contributed by atoms with Crippen molar-refractivity contribution in [1.82, 2.24) is 20.1 Å². The first-order chi connectivity index (χ1) is 12.5. The fraction of sp³-hybridized carbons (Fsp3) is 0.167. The number of amides is 1. The van der Waals surface area contributed by atoms with Crippen LogP contribution in [0.5, 0.6) is 0 Å². The van der Waals surface area contributed by atoms with Crippen molar-refractivity contribution in [2.75, 3.05) is 6.54 Å². The predicted octanol–water partition coefficient (Wildman–Crippen LogP) is 4.19. The number of halogens is 1. The largest absolute Gasteiger partial charge is 0.465 e. The van der Waals surface area contributed by atoms with Crippen molar-refractivity contribution in [3.63, 3.8) is 0 Å². The first kappa shape index (κ1) is 18.3. The third-order valence-corrected chi connectivity index (χ3v) is 4.83. The number of carboxylic acid groups (broad SMARTS) is 1. The number of aromatic nitrogens is 3. The molecule has 0 saturated carbocycles. The molecule has 6 nitrogen and oxygen atoms in total. The third kappa shape index (κ3) is 4.56. The molecule has 0 aliphatic heterocycles. The van der Waals surface area contributed by atoms with E-state index < -0.39 is 6.09 Å². The van der Waals surface area contributed by atoms with Gasteiger partial charge in [-0.25, -0.2) is 14.5 Å². The minimum atomic E-state index is -1.05. The van der Waals surface area contributed by atoms with E-state index in [2.05, 4.69) is 15.4 Å². The lowest BCUT2D eigenvalue weighted by Gasteiger charge is -2.08. The molecule has 0 radical (unpaired) electrons. The lowest BCUT2D eigenvalue weighted by Crippen LogP contribution is -2.23. The van der Waals surface area contributed by atoms with Crippen molar-refractivity contribution in [2.24, 2.45) is 0 Å². The van der Waals surface area contributed by atoms with E-state index in [4.69, 9.17) is 16.7 Å². The Morgan fingerprint density at radius 2 is 2.12 bits per heavy atom. The maximum absolute atomic E-state index is 10.6. The average molecular weight is 389 g/mol. The molecule has 0 aliphatic carbocycles. The maximum atomic E-state index is 10.6. The maximum Gasteiger partial charge on any atom is 0.404 e. The van der Waals surface area contributed by atoms with Gasteiger partial charge in [0.25, 0.3) is 0 Å². The second-order valence-corrected chi connectivity index (χ2v) is 7.04. The highest BCUT2D eigenvalue weighted by molar-refractivity contribution is 7.99. The topological polar surface area (TPSA) is 80.0 Å². The molecule has 0 atom stereocenters. The molecule has 8 heteroatoms. The summed E-state index contributed by atoms with van der Waals surface area (Å²) in [6, 6.07) is 13.3. The number of carbonyl (C=O) groups is 1. The van der Waals surface area contributed by atoms with Crippen LogP contribution in [0.4, 0.5) is 4.79 Å². The number of hydrogen-bond donors (Lipinski definition) is 2. The molecule has 0 spiro atoms. The number of para-hydroxylation sites is 1. The normalized spacial score (nSPS) is 10.7. The molecule has 0 aliphatic rings. The number of benzene rings is 1. The minimum Gasteiger partial charge on any atom is -0.465 e. The molecule has 2 aromatic heterocycles. The first-order valence-corrected chi connectivity index (χ1v) is 9.13. The molecule has 3 aromatic rings. The zero-order valence-corrected chi connectivity index (χ0v) is 15.6. The van der Waals surface area contributed by atoms with Gasteiger partial charge < -0.3 is 10.4 Å². The summed E-state index contributed by atoms with van der Waals surface area (Å²) in [5.74, 6) is 0. The summed E-state index contributed by atoms with van der Waals surface area (Å²) in [5.41, 5.74) is 2.63. The van der Waals surface area contributed by atoms with Crippen LogP contribution in [0.2, 0.25) is 5.02 Å². The van der Waals surface area contributed by atoms with Crippen LogP contribution in [0.15, 0.2) is 58.7 Å². The number of nitrogens with zero attached hydrogens (tertiary/aromatic N) is 3. The average Bonchev–Trinajstić information content (AvgIpc) is 2.99. The van der Waals surface area contributed by atoms with E-state index in [1.165, 1.54) is 11.8 Å². The molecule has 0 bridgehead atoms. The van der Waals surface area contributed by atoms with Crippen molar-refractivity contribution in [3.05, 3.63) is 64.9 Å². The quantitative estimate of drug-likeness (QED) is 0.661. The van der Waals surface area contributed by atoms with Gasteiger partial charge in [-0.1, -0.05) is 29.8 Å². The van der Waals surface area contributed by atoms with Gasteiger partial charge in [-0.05, 0) is 48.5 Å². The Hall–Kier alpha value is -2.51. The lowest BCUT2D eigenvalue weighted by molar-refractivity contribution is 0.194. The monoisotopic (exact) mass is 388 g/mol. The minimum absolute atomic E-state index is 0.293. The summed E-state index contributed by atoms with van der Waals surface area (Å²) in [5, 5.41) is 18.0. The molecule has 0 saturated heterocycles. The van der Waals surface area contributed by atoms with Gasteiger partial charge in [-0.15, -0.1) is 0 Å². The highest BCUT2D eigenvalue weighted by Gasteiger charge is 2.14. The smallest absolute Gasteiger partial charge is 0.404 e. The molecule has 26 heavy (non-hydrogen) atoms. The van der Waals surface area contributed by atoms with Crippen molar-refractivity contribution in [1.29, 1.82) is 0 Å². The molecule has 0 unspecified atom stereocenters. The molecule has 2 N–H and O–H groups in total. The number of pyridine rings is 1. The van der Waals surface area contributed by atoms with Crippen LogP contribution >= 0.6 is 23.4 Å². The van der Waals surface area contributed by atoms with E-state index in [9.17, 15) is 4.79 Å². The second kappa shape index (κ2) is 8.25. The number of nitrogens with one attached hydrogen (secondary N) is 1. The van der Waals surface area contributed by atoms with E-state index in [1.807, 2.05) is 55.6 Å². The number of hydrogen-bond acceptors (Lipinski definition) is 4. The SMILES string of the molecule is Cc1ccc(Sc2cc(CCNC(=O)O)nn2-c2ccccc2Cl)nc1. The van der Waals surface area contributed by atoms with Gasteiger partial charge in [0.2, 0.25) is 0 Å². The molecule has 0 fully saturated rings. The Balaban J connectivity index is 1.92. The fourth-order valence-corrected chi connectivity index (χ4v) is 3.41. The number of aryl methyl sites for hydroxylation is 1. The summed E-state index contributed by atoms with van der Waals surface area (Å²) in [7, 11) is 0. The molecule has 1 aromatic carbocycles. The van der Waals surface area contributed by atoms with Crippen LogP contribution in [-0.2, 0) is 6.42 Å². The van der Waals surface area contributed by atoms with Gasteiger partial charge >= 0.3 is 6.09 Å². The summed E-state index contributed by atoms with van der Waals surface area (Å²) >= 11 is 7.81. The Morgan fingerprint density at radius 3 is 2.81 bits per heavy atom. The summed E-state index contributed by atoms with van der Waals surface area (Å²) < 4.78 is 1.77. The van der Waals surface area contributed by atoms with E-state index in [0.717, 1.165) is 27.0 Å². The molecule has 2 heterocycles. The molecular formula is C18H17ClN4O2S. The van der Waals surface area contributed by atoms with Gasteiger partial charge in [0.05, 0.1) is 16.4 Å². The first-order valence-electron chi connectivity index (χ1n) is 7.94. The van der Waals surface area contributed by atoms with Crippen LogP contribution in [0.3, 0.4) is 0 Å². The number of rotatable bonds is 6. The summed E-state index contributed by atoms with van der Waals surface area (Å²) in [6.45, 7) is 2.28. The summed E-state index contributed by atoms with van der Waals surface area (Å²) in [4.78, 5) is 15.1. The predicted molar refractivity (Wildman–Crippen MR) is 101 cm³/mol. The highest BCUT2D eigenvalue weighted by Crippen LogP contribution is 2.31. The highest BCUT2D eigenvalue weighted by atomic mass is 35.5. The van der Waals surface area contributed by atoms with Crippen LogP contribution in [0.25, 0.3) is 5.69 Å². The van der Waals surface area contributed by atoms with Gasteiger partial charge in [-0.3, -0.25) is 0 Å².